The van der Waals surface area contributed by atoms with Crippen LogP contribution in [0.15, 0.2) is 78.9 Å². The van der Waals surface area contributed by atoms with E-state index in [1.54, 1.807) is 28.7 Å². The molecule has 0 saturated heterocycles. The van der Waals surface area contributed by atoms with Gasteiger partial charge in [-0.2, -0.15) is 0 Å². The van der Waals surface area contributed by atoms with E-state index in [4.69, 9.17) is 9.97 Å². The lowest BCUT2D eigenvalue weighted by Crippen LogP contribution is -1.84. The van der Waals surface area contributed by atoms with Crippen LogP contribution in [0.2, 0.25) is 0 Å². The molecule has 3 nitrogen and oxygen atoms in total. The topological polar surface area (TPSA) is 46.0 Å². The number of aromatic hydroxyl groups is 1. The van der Waals surface area contributed by atoms with Crippen molar-refractivity contribution in [1.29, 1.82) is 0 Å². The quantitative estimate of drug-likeness (QED) is 0.331. The molecule has 0 radical (unpaired) electrons. The van der Waals surface area contributed by atoms with Gasteiger partial charge in [-0.05, 0) is 47.2 Å². The highest BCUT2D eigenvalue weighted by molar-refractivity contribution is 7.22. The number of aromatic nitrogens is 2. The molecule has 2 heterocycles. The van der Waals surface area contributed by atoms with Gasteiger partial charge >= 0.3 is 0 Å². The van der Waals surface area contributed by atoms with Gasteiger partial charge in [0.15, 0.2) is 0 Å². The van der Waals surface area contributed by atoms with Gasteiger partial charge in [-0.25, -0.2) is 9.97 Å². The zero-order valence-electron chi connectivity index (χ0n) is 15.2. The summed E-state index contributed by atoms with van der Waals surface area (Å²) in [5.41, 5.74) is 3.85. The predicted molar refractivity (Wildman–Crippen MR) is 123 cm³/mol. The number of rotatable bonds is 2. The Balaban J connectivity index is 1.54. The standard InChI is InChI=1S/C24H14N2OS2/c27-19-12-10-14-13-15(23-25-17-5-1-3-7-20(17)28-23)9-11-16(14)22(19)24-26-18-6-2-4-8-21(18)29-24/h1-13,27H. The summed E-state index contributed by atoms with van der Waals surface area (Å²) in [6.07, 6.45) is 0. The molecule has 0 saturated carbocycles. The number of hydrogen-bond donors (Lipinski definition) is 1. The van der Waals surface area contributed by atoms with Crippen molar-refractivity contribution in [2.45, 2.75) is 0 Å². The molecular formula is C24H14N2OS2. The maximum absolute atomic E-state index is 10.6. The van der Waals surface area contributed by atoms with Crippen molar-refractivity contribution >= 4 is 53.9 Å². The van der Waals surface area contributed by atoms with Crippen LogP contribution in [0.1, 0.15) is 0 Å². The van der Waals surface area contributed by atoms with Crippen molar-refractivity contribution in [1.82, 2.24) is 9.97 Å². The maximum atomic E-state index is 10.6. The molecule has 0 aliphatic carbocycles. The van der Waals surface area contributed by atoms with Crippen LogP contribution in [-0.4, -0.2) is 15.1 Å². The number of fused-ring (bicyclic) bond motifs is 3. The summed E-state index contributed by atoms with van der Waals surface area (Å²) in [7, 11) is 0. The first-order valence-electron chi connectivity index (χ1n) is 9.24. The molecule has 29 heavy (non-hydrogen) atoms. The number of phenolic OH excluding ortho intramolecular Hbond substituents is 1. The van der Waals surface area contributed by atoms with E-state index < -0.39 is 0 Å². The van der Waals surface area contributed by atoms with Gasteiger partial charge in [0.1, 0.15) is 15.8 Å². The smallest absolute Gasteiger partial charge is 0.128 e. The van der Waals surface area contributed by atoms with Crippen molar-refractivity contribution in [3.05, 3.63) is 78.9 Å². The highest BCUT2D eigenvalue weighted by Crippen LogP contribution is 2.41. The Hall–Kier alpha value is -3.28. The second-order valence-electron chi connectivity index (χ2n) is 6.87. The molecule has 0 amide bonds. The van der Waals surface area contributed by atoms with E-state index in [2.05, 4.69) is 30.3 Å². The van der Waals surface area contributed by atoms with E-state index in [1.807, 2.05) is 42.5 Å². The van der Waals surface area contributed by atoms with E-state index in [9.17, 15) is 5.11 Å². The summed E-state index contributed by atoms with van der Waals surface area (Å²) in [4.78, 5) is 9.53. The Morgan fingerprint density at radius 2 is 1.31 bits per heavy atom. The Bertz CT molecular complexity index is 1460. The molecule has 0 fully saturated rings. The molecule has 1 N–H and O–H groups in total. The first-order chi connectivity index (χ1) is 14.3. The van der Waals surface area contributed by atoms with Crippen LogP contribution in [0.4, 0.5) is 0 Å². The van der Waals surface area contributed by atoms with Crippen LogP contribution >= 0.6 is 22.7 Å². The van der Waals surface area contributed by atoms with Crippen LogP contribution in [0.5, 0.6) is 5.75 Å². The van der Waals surface area contributed by atoms with Gasteiger partial charge in [0.25, 0.3) is 0 Å². The second kappa shape index (κ2) is 6.37. The first kappa shape index (κ1) is 16.7. The lowest BCUT2D eigenvalue weighted by atomic mass is 10.0. The molecule has 6 aromatic rings. The van der Waals surface area contributed by atoms with Crippen LogP contribution in [0, 0.1) is 0 Å². The fraction of sp³-hybridized carbons (Fsp3) is 0. The summed E-state index contributed by atoms with van der Waals surface area (Å²) >= 11 is 3.30. The molecule has 2 aromatic heterocycles. The fourth-order valence-corrected chi connectivity index (χ4v) is 5.65. The van der Waals surface area contributed by atoms with Crippen LogP contribution < -0.4 is 0 Å². The number of hydrogen-bond acceptors (Lipinski definition) is 5. The van der Waals surface area contributed by atoms with E-state index in [-0.39, 0.29) is 5.75 Å². The Kier molecular flexibility index (Phi) is 3.66. The van der Waals surface area contributed by atoms with Crippen LogP contribution in [0.25, 0.3) is 52.3 Å². The van der Waals surface area contributed by atoms with Gasteiger partial charge in [0.2, 0.25) is 0 Å². The fourth-order valence-electron chi connectivity index (χ4n) is 3.65. The number of thiazole rings is 2. The normalized spacial score (nSPS) is 11.6. The molecule has 0 unspecified atom stereocenters. The zero-order chi connectivity index (χ0) is 19.4. The monoisotopic (exact) mass is 410 g/mol. The summed E-state index contributed by atoms with van der Waals surface area (Å²) in [6.45, 7) is 0. The molecular weight excluding hydrogens is 396 g/mol. The van der Waals surface area contributed by atoms with Gasteiger partial charge in [-0.3, -0.25) is 0 Å². The van der Waals surface area contributed by atoms with Gasteiger partial charge in [-0.1, -0.05) is 42.5 Å². The van der Waals surface area contributed by atoms with Crippen molar-refractivity contribution < 1.29 is 5.11 Å². The minimum Gasteiger partial charge on any atom is -0.507 e. The number of nitrogens with zero attached hydrogens (tertiary/aromatic N) is 2. The SMILES string of the molecule is Oc1ccc2cc(-c3nc4ccccc4s3)ccc2c1-c1nc2ccccc2s1. The largest absolute Gasteiger partial charge is 0.507 e. The van der Waals surface area contributed by atoms with E-state index in [1.165, 1.54) is 4.70 Å². The Morgan fingerprint density at radius 1 is 0.655 bits per heavy atom. The lowest BCUT2D eigenvalue weighted by molar-refractivity contribution is 0.478. The minimum absolute atomic E-state index is 0.254. The summed E-state index contributed by atoms with van der Waals surface area (Å²) in [5.74, 6) is 0.254. The van der Waals surface area contributed by atoms with Crippen LogP contribution in [0.3, 0.4) is 0 Å². The molecule has 4 aromatic carbocycles. The summed E-state index contributed by atoms with van der Waals surface area (Å²) in [6, 6.07) is 26.3. The summed E-state index contributed by atoms with van der Waals surface area (Å²) < 4.78 is 2.30. The Labute approximate surface area is 174 Å². The zero-order valence-corrected chi connectivity index (χ0v) is 16.8. The highest BCUT2D eigenvalue weighted by Gasteiger charge is 2.15. The van der Waals surface area contributed by atoms with Gasteiger partial charge in [-0.15, -0.1) is 22.7 Å². The lowest BCUT2D eigenvalue weighted by Gasteiger charge is -2.08. The minimum atomic E-state index is 0.254. The second-order valence-corrected chi connectivity index (χ2v) is 8.93. The van der Waals surface area contributed by atoms with Crippen molar-refractivity contribution in [2.75, 3.05) is 0 Å². The predicted octanol–water partition coefficient (Wildman–Crippen LogP) is 7.10. The van der Waals surface area contributed by atoms with Crippen LogP contribution in [-0.2, 0) is 0 Å². The van der Waals surface area contributed by atoms with Crippen molar-refractivity contribution in [3.63, 3.8) is 0 Å². The Morgan fingerprint density at radius 3 is 2.03 bits per heavy atom. The third kappa shape index (κ3) is 2.70. The van der Waals surface area contributed by atoms with E-state index in [0.717, 1.165) is 47.6 Å². The number of para-hydroxylation sites is 2. The molecule has 0 spiro atoms. The highest BCUT2D eigenvalue weighted by atomic mass is 32.1. The van der Waals surface area contributed by atoms with E-state index >= 15 is 0 Å². The molecule has 0 atom stereocenters. The number of benzene rings is 4. The van der Waals surface area contributed by atoms with Gasteiger partial charge < -0.3 is 5.11 Å². The van der Waals surface area contributed by atoms with Crippen molar-refractivity contribution in [3.8, 4) is 26.9 Å². The average Bonchev–Trinajstić information content (AvgIpc) is 3.37. The van der Waals surface area contributed by atoms with Gasteiger partial charge in [0, 0.05) is 5.56 Å². The molecule has 0 aliphatic rings. The van der Waals surface area contributed by atoms with Gasteiger partial charge in [0.05, 0.1) is 26.0 Å². The average molecular weight is 411 g/mol. The molecule has 6 rings (SSSR count). The molecule has 138 valence electrons. The van der Waals surface area contributed by atoms with E-state index in [0.29, 0.717) is 0 Å². The molecule has 0 aliphatic heterocycles. The first-order valence-corrected chi connectivity index (χ1v) is 10.9. The molecule has 5 heteroatoms. The maximum Gasteiger partial charge on any atom is 0.128 e. The number of phenols is 1. The van der Waals surface area contributed by atoms with Crippen molar-refractivity contribution in [2.24, 2.45) is 0 Å². The molecule has 0 bridgehead atoms. The third-order valence-corrected chi connectivity index (χ3v) is 7.19. The third-order valence-electron chi connectivity index (χ3n) is 5.05. The summed E-state index contributed by atoms with van der Waals surface area (Å²) in [5, 5.41) is 14.5.